The van der Waals surface area contributed by atoms with Crippen LogP contribution in [0.3, 0.4) is 0 Å². The molecule has 1 heterocycles. The SMILES string of the molecule is COc1ccc(C(=O)C2CCCN(C(=O)C(C)C)C2)cc1. The second kappa shape index (κ2) is 6.74. The normalized spacial score (nSPS) is 18.7. The summed E-state index contributed by atoms with van der Waals surface area (Å²) in [6.45, 7) is 5.11. The van der Waals surface area contributed by atoms with Crippen molar-refractivity contribution in [2.45, 2.75) is 26.7 Å². The number of carbonyl (C=O) groups excluding carboxylic acids is 2. The third kappa shape index (κ3) is 3.63. The lowest BCUT2D eigenvalue weighted by atomic mass is 9.89. The number of amides is 1. The molecule has 0 saturated carbocycles. The highest BCUT2D eigenvalue weighted by molar-refractivity contribution is 5.98. The number of nitrogens with zero attached hydrogens (tertiary/aromatic N) is 1. The van der Waals surface area contributed by atoms with E-state index in [0.717, 1.165) is 25.1 Å². The molecule has 1 aliphatic rings. The van der Waals surface area contributed by atoms with Crippen molar-refractivity contribution in [1.82, 2.24) is 4.90 Å². The molecule has 0 N–H and O–H groups in total. The molecule has 114 valence electrons. The van der Waals surface area contributed by atoms with Gasteiger partial charge >= 0.3 is 0 Å². The van der Waals surface area contributed by atoms with Gasteiger partial charge in [-0.2, -0.15) is 0 Å². The van der Waals surface area contributed by atoms with Crippen LogP contribution < -0.4 is 4.74 Å². The van der Waals surface area contributed by atoms with E-state index in [1.54, 1.807) is 31.4 Å². The molecule has 1 saturated heterocycles. The Morgan fingerprint density at radius 2 is 1.90 bits per heavy atom. The molecule has 21 heavy (non-hydrogen) atoms. The number of benzene rings is 1. The average molecular weight is 289 g/mol. The third-order valence-electron chi connectivity index (χ3n) is 3.97. The second-order valence-electron chi connectivity index (χ2n) is 5.87. The fraction of sp³-hybridized carbons (Fsp3) is 0.529. The summed E-state index contributed by atoms with van der Waals surface area (Å²) in [7, 11) is 1.60. The van der Waals surface area contributed by atoms with Crippen LogP contribution in [-0.2, 0) is 4.79 Å². The number of ether oxygens (including phenoxy) is 1. The van der Waals surface area contributed by atoms with E-state index in [9.17, 15) is 9.59 Å². The number of hydrogen-bond acceptors (Lipinski definition) is 3. The lowest BCUT2D eigenvalue weighted by Crippen LogP contribution is -2.44. The van der Waals surface area contributed by atoms with Crippen molar-refractivity contribution in [3.8, 4) is 5.75 Å². The first kappa shape index (κ1) is 15.5. The van der Waals surface area contributed by atoms with E-state index in [4.69, 9.17) is 4.74 Å². The predicted octanol–water partition coefficient (Wildman–Crippen LogP) is 2.77. The first-order valence-electron chi connectivity index (χ1n) is 7.50. The summed E-state index contributed by atoms with van der Waals surface area (Å²) in [5, 5.41) is 0. The van der Waals surface area contributed by atoms with Gasteiger partial charge in [0.05, 0.1) is 7.11 Å². The highest BCUT2D eigenvalue weighted by atomic mass is 16.5. The molecule has 1 aromatic carbocycles. The Bertz CT molecular complexity index is 507. The van der Waals surface area contributed by atoms with Gasteiger partial charge < -0.3 is 9.64 Å². The fourth-order valence-electron chi connectivity index (χ4n) is 2.75. The summed E-state index contributed by atoms with van der Waals surface area (Å²) in [4.78, 5) is 26.5. The first-order chi connectivity index (χ1) is 10.0. The molecule has 4 nitrogen and oxygen atoms in total. The molecule has 0 radical (unpaired) electrons. The van der Waals surface area contributed by atoms with Gasteiger partial charge in [-0.05, 0) is 37.1 Å². The molecule has 1 amide bonds. The van der Waals surface area contributed by atoms with Gasteiger partial charge in [0.25, 0.3) is 0 Å². The molecule has 0 spiro atoms. The van der Waals surface area contributed by atoms with E-state index in [1.165, 1.54) is 0 Å². The molecule has 0 aliphatic carbocycles. The van der Waals surface area contributed by atoms with Gasteiger partial charge in [0.2, 0.25) is 5.91 Å². The Balaban J connectivity index is 2.06. The van der Waals surface area contributed by atoms with E-state index < -0.39 is 0 Å². The Morgan fingerprint density at radius 1 is 1.24 bits per heavy atom. The largest absolute Gasteiger partial charge is 0.497 e. The minimum absolute atomic E-state index is 0.0140. The van der Waals surface area contributed by atoms with Gasteiger partial charge in [0, 0.05) is 30.5 Å². The van der Waals surface area contributed by atoms with Crippen molar-refractivity contribution in [1.29, 1.82) is 0 Å². The van der Waals surface area contributed by atoms with Crippen molar-refractivity contribution >= 4 is 11.7 Å². The van der Waals surface area contributed by atoms with Gasteiger partial charge in [-0.25, -0.2) is 0 Å². The summed E-state index contributed by atoms with van der Waals surface area (Å²) in [5.41, 5.74) is 0.694. The van der Waals surface area contributed by atoms with Crippen LogP contribution in [0.2, 0.25) is 0 Å². The summed E-state index contributed by atoms with van der Waals surface area (Å²) in [6, 6.07) is 7.19. The van der Waals surface area contributed by atoms with E-state index in [0.29, 0.717) is 12.1 Å². The fourth-order valence-corrected chi connectivity index (χ4v) is 2.75. The highest BCUT2D eigenvalue weighted by Crippen LogP contribution is 2.23. The molecule has 2 rings (SSSR count). The maximum Gasteiger partial charge on any atom is 0.225 e. The maximum atomic E-state index is 12.6. The smallest absolute Gasteiger partial charge is 0.225 e. The standard InChI is InChI=1S/C17H23NO3/c1-12(2)17(20)18-10-4-5-14(11-18)16(19)13-6-8-15(21-3)9-7-13/h6-9,12,14H,4-5,10-11H2,1-3H3. The van der Waals surface area contributed by atoms with Crippen LogP contribution >= 0.6 is 0 Å². The third-order valence-corrected chi connectivity index (χ3v) is 3.97. The number of carbonyl (C=O) groups is 2. The lowest BCUT2D eigenvalue weighted by Gasteiger charge is -2.33. The molecule has 1 atom stereocenters. The Morgan fingerprint density at radius 3 is 2.48 bits per heavy atom. The molecular formula is C17H23NO3. The Labute approximate surface area is 126 Å². The van der Waals surface area contributed by atoms with Crippen molar-refractivity contribution in [3.63, 3.8) is 0 Å². The van der Waals surface area contributed by atoms with Crippen LogP contribution in [0, 0.1) is 11.8 Å². The Kier molecular flexibility index (Phi) is 4.99. The van der Waals surface area contributed by atoms with Crippen molar-refractivity contribution in [3.05, 3.63) is 29.8 Å². The molecule has 0 bridgehead atoms. The van der Waals surface area contributed by atoms with E-state index in [1.807, 2.05) is 18.7 Å². The van der Waals surface area contributed by atoms with Gasteiger partial charge in [-0.3, -0.25) is 9.59 Å². The van der Waals surface area contributed by atoms with E-state index in [-0.39, 0.29) is 23.5 Å². The number of rotatable bonds is 4. The molecule has 1 aliphatic heterocycles. The molecule has 0 aromatic heterocycles. The van der Waals surface area contributed by atoms with Crippen molar-refractivity contribution < 1.29 is 14.3 Å². The zero-order chi connectivity index (χ0) is 15.4. The van der Waals surface area contributed by atoms with Crippen LogP contribution in [0.15, 0.2) is 24.3 Å². The van der Waals surface area contributed by atoms with Crippen LogP contribution in [-0.4, -0.2) is 36.8 Å². The monoisotopic (exact) mass is 289 g/mol. The van der Waals surface area contributed by atoms with Gasteiger partial charge in [0.1, 0.15) is 5.75 Å². The summed E-state index contributed by atoms with van der Waals surface area (Å²) in [5.74, 6) is 0.905. The quantitative estimate of drug-likeness (QED) is 0.801. The Hall–Kier alpha value is -1.84. The molecule has 1 fully saturated rings. The van der Waals surface area contributed by atoms with E-state index in [2.05, 4.69) is 0 Å². The summed E-state index contributed by atoms with van der Waals surface area (Å²) in [6.07, 6.45) is 1.75. The van der Waals surface area contributed by atoms with Crippen molar-refractivity contribution in [2.24, 2.45) is 11.8 Å². The number of hydrogen-bond donors (Lipinski definition) is 0. The number of Topliss-reactive ketones (excluding diaryl/α,β-unsaturated/α-hetero) is 1. The number of likely N-dealkylation sites (tertiary alicyclic amines) is 1. The predicted molar refractivity (Wildman–Crippen MR) is 81.5 cm³/mol. The average Bonchev–Trinajstić information content (AvgIpc) is 2.53. The van der Waals surface area contributed by atoms with Gasteiger partial charge in [0.15, 0.2) is 5.78 Å². The maximum absolute atomic E-state index is 12.6. The second-order valence-corrected chi connectivity index (χ2v) is 5.87. The first-order valence-corrected chi connectivity index (χ1v) is 7.50. The zero-order valence-electron chi connectivity index (χ0n) is 13.0. The topological polar surface area (TPSA) is 46.6 Å². The zero-order valence-corrected chi connectivity index (χ0v) is 13.0. The minimum atomic E-state index is -0.0881. The molecular weight excluding hydrogens is 266 g/mol. The van der Waals surface area contributed by atoms with Crippen LogP contribution in [0.1, 0.15) is 37.0 Å². The number of piperidine rings is 1. The van der Waals surface area contributed by atoms with Gasteiger partial charge in [-0.1, -0.05) is 13.8 Å². The molecule has 4 heteroatoms. The lowest BCUT2D eigenvalue weighted by molar-refractivity contribution is -0.135. The summed E-state index contributed by atoms with van der Waals surface area (Å²) >= 11 is 0. The van der Waals surface area contributed by atoms with E-state index >= 15 is 0 Å². The summed E-state index contributed by atoms with van der Waals surface area (Å²) < 4.78 is 5.11. The van der Waals surface area contributed by atoms with Gasteiger partial charge in [-0.15, -0.1) is 0 Å². The van der Waals surface area contributed by atoms with Crippen LogP contribution in [0.4, 0.5) is 0 Å². The number of ketones is 1. The molecule has 1 aromatic rings. The van der Waals surface area contributed by atoms with Crippen LogP contribution in [0.5, 0.6) is 5.75 Å². The number of methoxy groups -OCH3 is 1. The molecule has 1 unspecified atom stereocenters. The minimum Gasteiger partial charge on any atom is -0.497 e. The van der Waals surface area contributed by atoms with Crippen molar-refractivity contribution in [2.75, 3.05) is 20.2 Å². The van der Waals surface area contributed by atoms with Crippen LogP contribution in [0.25, 0.3) is 0 Å². The highest BCUT2D eigenvalue weighted by Gasteiger charge is 2.29.